The van der Waals surface area contributed by atoms with Crippen molar-refractivity contribution >= 4 is 29.0 Å². The maximum absolute atomic E-state index is 5.92. The molecule has 0 atom stereocenters. The molecule has 0 bridgehead atoms. The van der Waals surface area contributed by atoms with E-state index >= 15 is 0 Å². The van der Waals surface area contributed by atoms with Crippen molar-refractivity contribution in [1.82, 2.24) is 9.97 Å². The zero-order chi connectivity index (χ0) is 12.0. The van der Waals surface area contributed by atoms with E-state index in [9.17, 15) is 0 Å². The maximum Gasteiger partial charge on any atom is 0.233 e. The molecule has 16 heavy (non-hydrogen) atoms. The van der Waals surface area contributed by atoms with Crippen LogP contribution in [0.15, 0.2) is 12.4 Å². The molecule has 4 nitrogen and oxygen atoms in total. The Bertz CT molecular complexity index is 323. The van der Waals surface area contributed by atoms with Gasteiger partial charge in [0.2, 0.25) is 5.88 Å². The van der Waals surface area contributed by atoms with Crippen LogP contribution in [0, 0.1) is 0 Å². The third-order valence-corrected chi connectivity index (χ3v) is 3.43. The predicted octanol–water partition coefficient (Wildman–Crippen LogP) is 2.52. The van der Waals surface area contributed by atoms with Gasteiger partial charge in [-0.25, -0.2) is 0 Å². The molecule has 0 aliphatic rings. The fraction of sp³-hybridized carbons (Fsp3) is 0.600. The van der Waals surface area contributed by atoms with Gasteiger partial charge in [0.15, 0.2) is 0 Å². The van der Waals surface area contributed by atoms with E-state index in [0.717, 1.165) is 6.42 Å². The molecule has 0 saturated carbocycles. The monoisotopic (exact) mass is 263 g/mol. The van der Waals surface area contributed by atoms with Gasteiger partial charge in [-0.05, 0) is 6.42 Å². The zero-order valence-corrected chi connectivity index (χ0v) is 10.8. The van der Waals surface area contributed by atoms with Crippen LogP contribution in [0.1, 0.15) is 13.3 Å². The third-order valence-electron chi connectivity index (χ3n) is 2.40. The molecule has 90 valence electrons. The van der Waals surface area contributed by atoms with Crippen molar-refractivity contribution in [3.8, 4) is 5.88 Å². The number of ether oxygens (including phenoxy) is 1. The minimum atomic E-state index is -0.357. The third kappa shape index (κ3) is 3.12. The average Bonchev–Trinajstić information content (AvgIpc) is 2.36. The SMILES string of the molecule is CCC(CCl)(CCl)Nc1cncc(OC)n1. The van der Waals surface area contributed by atoms with Crippen molar-refractivity contribution < 1.29 is 4.74 Å². The van der Waals surface area contributed by atoms with Crippen LogP contribution in [0.5, 0.6) is 5.88 Å². The van der Waals surface area contributed by atoms with Gasteiger partial charge in [0.1, 0.15) is 5.82 Å². The van der Waals surface area contributed by atoms with Gasteiger partial charge in [0.25, 0.3) is 0 Å². The van der Waals surface area contributed by atoms with E-state index in [1.54, 1.807) is 19.5 Å². The molecule has 0 aliphatic heterocycles. The highest BCUT2D eigenvalue weighted by molar-refractivity contribution is 6.22. The topological polar surface area (TPSA) is 47.0 Å². The second-order valence-electron chi connectivity index (χ2n) is 3.47. The fourth-order valence-corrected chi connectivity index (χ4v) is 1.96. The largest absolute Gasteiger partial charge is 0.480 e. The Labute approximate surface area is 105 Å². The smallest absolute Gasteiger partial charge is 0.233 e. The standard InChI is InChI=1S/C10H15Cl2N3O/c1-3-10(6-11,7-12)15-8-4-13-5-9(14-8)16-2/h4-5H,3,6-7H2,1-2H3,(H,14,15). The van der Waals surface area contributed by atoms with Gasteiger partial charge in [-0.2, -0.15) is 4.98 Å². The van der Waals surface area contributed by atoms with Crippen LogP contribution >= 0.6 is 23.2 Å². The Hall–Kier alpha value is -0.740. The molecule has 0 radical (unpaired) electrons. The lowest BCUT2D eigenvalue weighted by Crippen LogP contribution is -2.42. The molecular formula is C10H15Cl2N3O. The molecule has 0 aromatic carbocycles. The van der Waals surface area contributed by atoms with Gasteiger partial charge >= 0.3 is 0 Å². The summed E-state index contributed by atoms with van der Waals surface area (Å²) in [4.78, 5) is 8.21. The lowest BCUT2D eigenvalue weighted by atomic mass is 10.0. The van der Waals surface area contributed by atoms with Gasteiger partial charge in [-0.15, -0.1) is 23.2 Å². The molecule has 0 amide bonds. The van der Waals surface area contributed by atoms with Gasteiger partial charge in [-0.3, -0.25) is 4.98 Å². The normalized spacial score (nSPS) is 11.2. The van der Waals surface area contributed by atoms with Crippen molar-refractivity contribution in [3.05, 3.63) is 12.4 Å². The van der Waals surface area contributed by atoms with Crippen molar-refractivity contribution in [2.75, 3.05) is 24.2 Å². The number of rotatable bonds is 6. The Morgan fingerprint density at radius 2 is 2.06 bits per heavy atom. The molecule has 0 aliphatic carbocycles. The number of methoxy groups -OCH3 is 1. The lowest BCUT2D eigenvalue weighted by molar-refractivity contribution is 0.395. The number of anilines is 1. The van der Waals surface area contributed by atoms with E-state index in [1.807, 2.05) is 6.92 Å². The summed E-state index contributed by atoms with van der Waals surface area (Å²) in [6.45, 7) is 2.02. The number of nitrogens with one attached hydrogen (secondary N) is 1. The Morgan fingerprint density at radius 1 is 1.38 bits per heavy atom. The Balaban J connectivity index is 2.84. The molecule has 6 heteroatoms. The second kappa shape index (κ2) is 6.11. The van der Waals surface area contributed by atoms with Crippen molar-refractivity contribution in [1.29, 1.82) is 0 Å². The molecule has 1 rings (SSSR count). The first-order valence-corrected chi connectivity index (χ1v) is 6.02. The number of halogens is 2. The van der Waals surface area contributed by atoms with Crippen LogP contribution in [0.25, 0.3) is 0 Å². The fourth-order valence-electron chi connectivity index (χ4n) is 1.16. The summed E-state index contributed by atoms with van der Waals surface area (Å²) < 4.78 is 4.99. The maximum atomic E-state index is 5.92. The Kier molecular flexibility index (Phi) is 5.09. The minimum Gasteiger partial charge on any atom is -0.480 e. The van der Waals surface area contributed by atoms with Crippen LogP contribution in [-0.2, 0) is 0 Å². The van der Waals surface area contributed by atoms with Crippen LogP contribution in [0.4, 0.5) is 5.82 Å². The van der Waals surface area contributed by atoms with Crippen molar-refractivity contribution in [2.24, 2.45) is 0 Å². The van der Waals surface area contributed by atoms with E-state index < -0.39 is 0 Å². The summed E-state index contributed by atoms with van der Waals surface area (Å²) in [5.74, 6) is 1.89. The van der Waals surface area contributed by atoms with Crippen molar-refractivity contribution in [3.63, 3.8) is 0 Å². The van der Waals surface area contributed by atoms with Crippen molar-refractivity contribution in [2.45, 2.75) is 18.9 Å². The molecule has 1 heterocycles. The summed E-state index contributed by atoms with van der Waals surface area (Å²) in [6, 6.07) is 0. The summed E-state index contributed by atoms with van der Waals surface area (Å²) in [5.41, 5.74) is -0.357. The highest BCUT2D eigenvalue weighted by atomic mass is 35.5. The van der Waals surface area contributed by atoms with Crippen LogP contribution < -0.4 is 10.1 Å². The summed E-state index contributed by atoms with van der Waals surface area (Å²) in [6.07, 6.45) is 3.96. The lowest BCUT2D eigenvalue weighted by Gasteiger charge is -2.29. The van der Waals surface area contributed by atoms with Gasteiger partial charge in [0, 0.05) is 11.8 Å². The molecule has 0 unspecified atom stereocenters. The second-order valence-corrected chi connectivity index (χ2v) is 4.01. The first kappa shape index (κ1) is 13.3. The molecule has 1 aromatic heterocycles. The van der Waals surface area contributed by atoms with E-state index in [4.69, 9.17) is 27.9 Å². The Morgan fingerprint density at radius 3 is 2.56 bits per heavy atom. The molecular weight excluding hydrogens is 249 g/mol. The highest BCUT2D eigenvalue weighted by Crippen LogP contribution is 2.21. The quantitative estimate of drug-likeness (QED) is 0.802. The minimum absolute atomic E-state index is 0.357. The van der Waals surface area contributed by atoms with Crippen LogP contribution in [-0.4, -0.2) is 34.4 Å². The molecule has 0 saturated heterocycles. The van der Waals surface area contributed by atoms with E-state index in [0.29, 0.717) is 23.5 Å². The van der Waals surface area contributed by atoms with E-state index in [2.05, 4.69) is 15.3 Å². The molecule has 0 spiro atoms. The van der Waals surface area contributed by atoms with E-state index in [1.165, 1.54) is 0 Å². The molecule has 0 fully saturated rings. The highest BCUT2D eigenvalue weighted by Gasteiger charge is 2.26. The summed E-state index contributed by atoms with van der Waals surface area (Å²) >= 11 is 11.8. The molecule has 1 aromatic rings. The average molecular weight is 264 g/mol. The van der Waals surface area contributed by atoms with Gasteiger partial charge < -0.3 is 10.1 Å². The molecule has 1 N–H and O–H groups in total. The summed E-state index contributed by atoms with van der Waals surface area (Å²) in [5, 5.41) is 3.20. The summed E-state index contributed by atoms with van der Waals surface area (Å²) in [7, 11) is 1.55. The first-order chi connectivity index (χ1) is 7.69. The van der Waals surface area contributed by atoms with E-state index in [-0.39, 0.29) is 5.54 Å². The number of nitrogens with zero attached hydrogens (tertiary/aromatic N) is 2. The number of alkyl halides is 2. The predicted molar refractivity (Wildman–Crippen MR) is 66.7 cm³/mol. The van der Waals surface area contributed by atoms with Crippen LogP contribution in [0.3, 0.4) is 0 Å². The van der Waals surface area contributed by atoms with Crippen LogP contribution in [0.2, 0.25) is 0 Å². The number of aromatic nitrogens is 2. The first-order valence-electron chi connectivity index (χ1n) is 4.96. The number of hydrogen-bond acceptors (Lipinski definition) is 4. The number of hydrogen-bond donors (Lipinski definition) is 1. The van der Waals surface area contributed by atoms with Gasteiger partial charge in [0.05, 0.1) is 25.0 Å². The zero-order valence-electron chi connectivity index (χ0n) is 9.33. The van der Waals surface area contributed by atoms with Gasteiger partial charge in [-0.1, -0.05) is 6.92 Å².